The minimum Gasteiger partial charge on any atom is -0.392 e. The quantitative estimate of drug-likeness (QED) is 0.856. The van der Waals surface area contributed by atoms with Gasteiger partial charge < -0.3 is 10.4 Å². The van der Waals surface area contributed by atoms with E-state index in [0.29, 0.717) is 6.54 Å². The number of hydrogen-bond donors (Lipinski definition) is 2. The van der Waals surface area contributed by atoms with Crippen molar-refractivity contribution >= 4 is 27.3 Å². The number of thiophene rings is 1. The van der Waals surface area contributed by atoms with Gasteiger partial charge in [-0.1, -0.05) is 0 Å². The molecule has 4 heteroatoms. The summed E-state index contributed by atoms with van der Waals surface area (Å²) in [6.07, 6.45) is -0.270. The zero-order valence-corrected chi connectivity index (χ0v) is 9.28. The molecule has 1 heterocycles. The summed E-state index contributed by atoms with van der Waals surface area (Å²) in [5.41, 5.74) is 0. The van der Waals surface area contributed by atoms with Crippen LogP contribution in [-0.2, 0) is 6.54 Å². The summed E-state index contributed by atoms with van der Waals surface area (Å²) in [5, 5.41) is 14.2. The average molecular weight is 250 g/mol. The number of aliphatic hydroxyl groups is 1. The molecule has 1 aromatic rings. The average Bonchev–Trinajstić information content (AvgIpc) is 2.35. The summed E-state index contributed by atoms with van der Waals surface area (Å²) in [7, 11) is 0. The van der Waals surface area contributed by atoms with Crippen LogP contribution in [0.4, 0.5) is 0 Å². The van der Waals surface area contributed by atoms with E-state index < -0.39 is 0 Å². The molecular formula is C8H12BrNOS. The van der Waals surface area contributed by atoms with Gasteiger partial charge in [0.05, 0.1) is 6.10 Å². The van der Waals surface area contributed by atoms with Crippen LogP contribution in [0.2, 0.25) is 0 Å². The van der Waals surface area contributed by atoms with Gasteiger partial charge in [-0.25, -0.2) is 0 Å². The Kier molecular flexibility index (Phi) is 4.21. The minimum atomic E-state index is -0.270. The first-order chi connectivity index (χ1) is 5.68. The Morgan fingerprint density at radius 3 is 3.00 bits per heavy atom. The molecule has 2 nitrogen and oxygen atoms in total. The van der Waals surface area contributed by atoms with E-state index in [0.717, 1.165) is 11.0 Å². The van der Waals surface area contributed by atoms with Gasteiger partial charge >= 0.3 is 0 Å². The molecular weight excluding hydrogens is 238 g/mol. The molecule has 12 heavy (non-hydrogen) atoms. The van der Waals surface area contributed by atoms with Gasteiger partial charge in [-0.2, -0.15) is 0 Å². The lowest BCUT2D eigenvalue weighted by molar-refractivity contribution is 0.191. The molecule has 1 aromatic heterocycles. The van der Waals surface area contributed by atoms with Crippen LogP contribution in [0.15, 0.2) is 15.9 Å². The third-order valence-corrected chi connectivity index (χ3v) is 3.06. The fourth-order valence-electron chi connectivity index (χ4n) is 0.851. The molecule has 1 atom stereocenters. The maximum absolute atomic E-state index is 8.97. The van der Waals surface area contributed by atoms with Crippen LogP contribution >= 0.6 is 27.3 Å². The topological polar surface area (TPSA) is 32.3 Å². The number of aliphatic hydroxyl groups excluding tert-OH is 1. The standard InChI is InChI=1S/C8H12BrNOS/c1-6(11)3-10-4-8-2-7(9)5-12-8/h2,5-6,10-11H,3-4H2,1H3/t6-/m1/s1. The highest BCUT2D eigenvalue weighted by Gasteiger charge is 1.98. The number of nitrogens with one attached hydrogen (secondary N) is 1. The van der Waals surface area contributed by atoms with Crippen molar-refractivity contribution in [2.45, 2.75) is 19.6 Å². The largest absolute Gasteiger partial charge is 0.392 e. The van der Waals surface area contributed by atoms with E-state index in [1.165, 1.54) is 4.88 Å². The van der Waals surface area contributed by atoms with Crippen LogP contribution in [0.1, 0.15) is 11.8 Å². The SMILES string of the molecule is C[C@@H](O)CNCc1cc(Br)cs1. The van der Waals surface area contributed by atoms with Gasteiger partial charge in [0, 0.05) is 27.8 Å². The third-order valence-electron chi connectivity index (χ3n) is 1.36. The Morgan fingerprint density at radius 2 is 2.50 bits per heavy atom. The first-order valence-electron chi connectivity index (χ1n) is 3.80. The molecule has 1 rings (SSSR count). The van der Waals surface area contributed by atoms with Crippen LogP contribution in [-0.4, -0.2) is 17.8 Å². The molecule has 0 aromatic carbocycles. The molecule has 0 bridgehead atoms. The lowest BCUT2D eigenvalue weighted by Crippen LogP contribution is -2.23. The lowest BCUT2D eigenvalue weighted by atomic mass is 10.4. The molecule has 0 saturated heterocycles. The fourth-order valence-corrected chi connectivity index (χ4v) is 2.27. The van der Waals surface area contributed by atoms with E-state index in [1.54, 1.807) is 18.3 Å². The van der Waals surface area contributed by atoms with Crippen LogP contribution in [0.3, 0.4) is 0 Å². The van der Waals surface area contributed by atoms with E-state index >= 15 is 0 Å². The molecule has 0 amide bonds. The summed E-state index contributed by atoms with van der Waals surface area (Å²) in [5.74, 6) is 0. The predicted molar refractivity (Wildman–Crippen MR) is 55.4 cm³/mol. The zero-order valence-electron chi connectivity index (χ0n) is 6.88. The fraction of sp³-hybridized carbons (Fsp3) is 0.500. The summed E-state index contributed by atoms with van der Waals surface area (Å²) in [4.78, 5) is 1.28. The number of hydrogen-bond acceptors (Lipinski definition) is 3. The van der Waals surface area contributed by atoms with Gasteiger partial charge in [-0.3, -0.25) is 0 Å². The lowest BCUT2D eigenvalue weighted by Gasteiger charge is -2.04. The monoisotopic (exact) mass is 249 g/mol. The Bertz CT molecular complexity index is 237. The highest BCUT2D eigenvalue weighted by molar-refractivity contribution is 9.10. The zero-order chi connectivity index (χ0) is 8.97. The molecule has 0 saturated carbocycles. The van der Waals surface area contributed by atoms with Crippen molar-refractivity contribution in [3.63, 3.8) is 0 Å². The van der Waals surface area contributed by atoms with E-state index in [4.69, 9.17) is 5.11 Å². The highest BCUT2D eigenvalue weighted by atomic mass is 79.9. The maximum Gasteiger partial charge on any atom is 0.0636 e. The minimum absolute atomic E-state index is 0.270. The van der Waals surface area contributed by atoms with Gasteiger partial charge in [-0.15, -0.1) is 11.3 Å². The Balaban J connectivity index is 2.24. The van der Waals surface area contributed by atoms with Gasteiger partial charge in [-0.05, 0) is 28.9 Å². The van der Waals surface area contributed by atoms with Crippen LogP contribution < -0.4 is 5.32 Å². The molecule has 0 spiro atoms. The Hall–Kier alpha value is 0.1000. The van der Waals surface area contributed by atoms with E-state index in [-0.39, 0.29) is 6.10 Å². The van der Waals surface area contributed by atoms with Crippen molar-refractivity contribution in [2.24, 2.45) is 0 Å². The molecule has 68 valence electrons. The predicted octanol–water partition coefficient (Wildman–Crippen LogP) is 1.98. The first kappa shape index (κ1) is 10.2. The van der Waals surface area contributed by atoms with Gasteiger partial charge in [0.25, 0.3) is 0 Å². The van der Waals surface area contributed by atoms with Gasteiger partial charge in [0.2, 0.25) is 0 Å². The smallest absolute Gasteiger partial charge is 0.0636 e. The second-order valence-electron chi connectivity index (χ2n) is 2.71. The van der Waals surface area contributed by atoms with E-state index in [1.807, 2.05) is 0 Å². The Labute approximate surface area is 84.7 Å². The van der Waals surface area contributed by atoms with E-state index in [9.17, 15) is 0 Å². The summed E-state index contributed by atoms with van der Waals surface area (Å²) in [6, 6.07) is 2.08. The second kappa shape index (κ2) is 4.97. The Morgan fingerprint density at radius 1 is 1.75 bits per heavy atom. The molecule has 2 N–H and O–H groups in total. The van der Waals surface area contributed by atoms with Gasteiger partial charge in [0.15, 0.2) is 0 Å². The maximum atomic E-state index is 8.97. The van der Waals surface area contributed by atoms with Crippen molar-refractivity contribution < 1.29 is 5.11 Å². The highest BCUT2D eigenvalue weighted by Crippen LogP contribution is 2.19. The van der Waals surface area contributed by atoms with Gasteiger partial charge in [0.1, 0.15) is 0 Å². The molecule has 0 aliphatic rings. The van der Waals surface area contributed by atoms with E-state index in [2.05, 4.69) is 32.7 Å². The summed E-state index contributed by atoms with van der Waals surface area (Å²) < 4.78 is 1.13. The van der Waals surface area contributed by atoms with Crippen LogP contribution in [0, 0.1) is 0 Å². The van der Waals surface area contributed by atoms with Crippen molar-refractivity contribution in [1.82, 2.24) is 5.32 Å². The molecule has 0 radical (unpaired) electrons. The molecule has 0 aliphatic heterocycles. The van der Waals surface area contributed by atoms with Crippen molar-refractivity contribution in [1.29, 1.82) is 0 Å². The third kappa shape index (κ3) is 3.67. The molecule has 0 unspecified atom stereocenters. The van der Waals surface area contributed by atoms with Crippen molar-refractivity contribution in [2.75, 3.05) is 6.54 Å². The molecule has 0 fully saturated rings. The summed E-state index contributed by atoms with van der Waals surface area (Å²) >= 11 is 5.10. The summed E-state index contributed by atoms with van der Waals surface area (Å²) in [6.45, 7) is 3.26. The molecule has 0 aliphatic carbocycles. The van der Waals surface area contributed by atoms with Crippen molar-refractivity contribution in [3.8, 4) is 0 Å². The van der Waals surface area contributed by atoms with Crippen LogP contribution in [0.25, 0.3) is 0 Å². The normalized spacial score (nSPS) is 13.2. The number of rotatable bonds is 4. The second-order valence-corrected chi connectivity index (χ2v) is 4.62. The van der Waals surface area contributed by atoms with Crippen molar-refractivity contribution in [3.05, 3.63) is 20.8 Å². The first-order valence-corrected chi connectivity index (χ1v) is 5.47. The number of halogens is 1. The van der Waals surface area contributed by atoms with Crippen LogP contribution in [0.5, 0.6) is 0 Å².